The largest absolute Gasteiger partial charge is 0.340 e. The van der Waals surface area contributed by atoms with Crippen LogP contribution in [0.25, 0.3) is 16.9 Å². The fraction of sp³-hybridized carbons (Fsp3) is 0.167. The smallest absolute Gasteiger partial charge is 0.232 e. The topological polar surface area (TPSA) is 88.9 Å². The van der Waals surface area contributed by atoms with Crippen LogP contribution in [0.4, 0.5) is 17.2 Å². The molecule has 0 bridgehead atoms. The molecule has 0 spiro atoms. The van der Waals surface area contributed by atoms with Crippen LogP contribution in [0.5, 0.6) is 0 Å². The number of hydrogen-bond donors (Lipinski definition) is 2. The van der Waals surface area contributed by atoms with Crippen LogP contribution in [0, 0.1) is 13.8 Å². The molecule has 0 aliphatic rings. The number of pyridine rings is 1. The highest BCUT2D eigenvalue weighted by molar-refractivity contribution is 7.92. The highest BCUT2D eigenvalue weighted by atomic mass is 32.2. The summed E-state index contributed by atoms with van der Waals surface area (Å²) in [4.78, 5) is 4.43. The van der Waals surface area contributed by atoms with Crippen molar-refractivity contribution in [3.05, 3.63) is 84.2 Å². The zero-order valence-corrected chi connectivity index (χ0v) is 19.0. The highest BCUT2D eigenvalue weighted by Gasteiger charge is 2.12. The van der Waals surface area contributed by atoms with Crippen molar-refractivity contribution in [1.82, 2.24) is 14.8 Å². The maximum absolute atomic E-state index is 11.7. The number of nitrogens with one attached hydrogen (secondary N) is 2. The van der Waals surface area contributed by atoms with Crippen molar-refractivity contribution in [1.29, 1.82) is 0 Å². The normalized spacial score (nSPS) is 11.3. The third-order valence-corrected chi connectivity index (χ3v) is 6.25. The number of aromatic nitrogens is 3. The summed E-state index contributed by atoms with van der Waals surface area (Å²) in [6.07, 6.45) is 1.75. The first-order chi connectivity index (χ1) is 15.3. The number of nitrogens with zero attached hydrogens (tertiary/aromatic N) is 3. The number of benzene rings is 2. The molecular formula is C24H25N5O2S. The van der Waals surface area contributed by atoms with Crippen LogP contribution in [0.2, 0.25) is 0 Å². The van der Waals surface area contributed by atoms with Gasteiger partial charge in [-0.3, -0.25) is 4.72 Å². The SMILES string of the molecule is CCS(=O)(=O)Nc1ccc(Nc2cc(-c3cc(C)nn3-c3cccc(C)c3)ccn2)cc1. The number of anilines is 3. The van der Waals surface area contributed by atoms with E-state index in [9.17, 15) is 8.42 Å². The van der Waals surface area contributed by atoms with Crippen molar-refractivity contribution in [2.45, 2.75) is 20.8 Å². The molecule has 0 amide bonds. The molecule has 2 N–H and O–H groups in total. The number of sulfonamides is 1. The summed E-state index contributed by atoms with van der Waals surface area (Å²) in [5, 5.41) is 7.95. The van der Waals surface area contributed by atoms with E-state index in [4.69, 9.17) is 0 Å². The van der Waals surface area contributed by atoms with E-state index in [1.165, 1.54) is 5.56 Å². The van der Waals surface area contributed by atoms with E-state index in [0.29, 0.717) is 11.5 Å². The van der Waals surface area contributed by atoms with E-state index in [2.05, 4.69) is 45.2 Å². The Hall–Kier alpha value is -3.65. The Morgan fingerprint density at radius 3 is 2.41 bits per heavy atom. The Morgan fingerprint density at radius 1 is 0.938 bits per heavy atom. The summed E-state index contributed by atoms with van der Waals surface area (Å²) in [7, 11) is -3.30. The first kappa shape index (κ1) is 21.6. The summed E-state index contributed by atoms with van der Waals surface area (Å²) >= 11 is 0. The molecule has 2 aromatic carbocycles. The van der Waals surface area contributed by atoms with Gasteiger partial charge in [0, 0.05) is 23.1 Å². The van der Waals surface area contributed by atoms with Gasteiger partial charge >= 0.3 is 0 Å². The van der Waals surface area contributed by atoms with E-state index in [0.717, 1.165) is 28.3 Å². The van der Waals surface area contributed by atoms with Crippen LogP contribution in [0.3, 0.4) is 0 Å². The van der Waals surface area contributed by atoms with Gasteiger partial charge in [-0.1, -0.05) is 12.1 Å². The van der Waals surface area contributed by atoms with Crippen molar-refractivity contribution in [2.75, 3.05) is 15.8 Å². The van der Waals surface area contributed by atoms with E-state index in [1.54, 1.807) is 25.3 Å². The minimum atomic E-state index is -3.30. The van der Waals surface area contributed by atoms with Gasteiger partial charge in [0.05, 0.1) is 22.8 Å². The Morgan fingerprint density at radius 2 is 1.69 bits per heavy atom. The molecule has 8 heteroatoms. The van der Waals surface area contributed by atoms with Crippen molar-refractivity contribution in [3.63, 3.8) is 0 Å². The van der Waals surface area contributed by atoms with Crippen LogP contribution in [0.15, 0.2) is 72.9 Å². The first-order valence-corrected chi connectivity index (χ1v) is 12.0. The molecule has 2 aromatic heterocycles. The van der Waals surface area contributed by atoms with Crippen molar-refractivity contribution >= 4 is 27.2 Å². The molecule has 0 fully saturated rings. The van der Waals surface area contributed by atoms with Crippen molar-refractivity contribution in [2.24, 2.45) is 0 Å². The van der Waals surface area contributed by atoms with E-state index in [1.807, 2.05) is 48.0 Å². The van der Waals surface area contributed by atoms with Crippen LogP contribution in [0.1, 0.15) is 18.2 Å². The summed E-state index contributed by atoms with van der Waals surface area (Å²) < 4.78 is 27.9. The highest BCUT2D eigenvalue weighted by Crippen LogP contribution is 2.27. The summed E-state index contributed by atoms with van der Waals surface area (Å²) in [6.45, 7) is 5.64. The fourth-order valence-corrected chi connectivity index (χ4v) is 3.98. The van der Waals surface area contributed by atoms with Gasteiger partial charge in [-0.15, -0.1) is 0 Å². The second-order valence-electron chi connectivity index (χ2n) is 7.56. The number of hydrogen-bond acceptors (Lipinski definition) is 5. The molecule has 2 heterocycles. The molecule has 0 saturated carbocycles. The molecule has 32 heavy (non-hydrogen) atoms. The van der Waals surface area contributed by atoms with Crippen LogP contribution < -0.4 is 10.0 Å². The lowest BCUT2D eigenvalue weighted by atomic mass is 10.1. The van der Waals surface area contributed by atoms with Gasteiger partial charge in [0.2, 0.25) is 10.0 Å². The molecular weight excluding hydrogens is 422 g/mol. The van der Waals surface area contributed by atoms with Crippen molar-refractivity contribution in [3.8, 4) is 16.9 Å². The zero-order chi connectivity index (χ0) is 22.7. The molecule has 4 rings (SSSR count). The molecule has 0 saturated heterocycles. The minimum Gasteiger partial charge on any atom is -0.340 e. The van der Waals surface area contributed by atoms with Gasteiger partial charge in [0.15, 0.2) is 0 Å². The van der Waals surface area contributed by atoms with E-state index >= 15 is 0 Å². The Labute approximate surface area is 188 Å². The summed E-state index contributed by atoms with van der Waals surface area (Å²) in [5.41, 5.74) is 6.39. The lowest BCUT2D eigenvalue weighted by Gasteiger charge is -2.11. The van der Waals surface area contributed by atoms with E-state index in [-0.39, 0.29) is 5.75 Å². The fourth-order valence-electron chi connectivity index (χ4n) is 3.34. The quantitative estimate of drug-likeness (QED) is 0.414. The summed E-state index contributed by atoms with van der Waals surface area (Å²) in [6, 6.07) is 21.3. The Bertz CT molecular complexity index is 1350. The maximum Gasteiger partial charge on any atom is 0.232 e. The second-order valence-corrected chi connectivity index (χ2v) is 9.57. The monoisotopic (exact) mass is 447 g/mol. The maximum atomic E-state index is 11.7. The zero-order valence-electron chi connectivity index (χ0n) is 18.2. The number of rotatable bonds is 7. The molecule has 0 aliphatic carbocycles. The molecule has 0 aliphatic heterocycles. The van der Waals surface area contributed by atoms with Gasteiger partial charge in [-0.05, 0) is 80.9 Å². The summed E-state index contributed by atoms with van der Waals surface area (Å²) in [5.74, 6) is 0.710. The average molecular weight is 448 g/mol. The van der Waals surface area contributed by atoms with Gasteiger partial charge in [0.1, 0.15) is 5.82 Å². The van der Waals surface area contributed by atoms with Gasteiger partial charge in [0.25, 0.3) is 0 Å². The van der Waals surface area contributed by atoms with Crippen molar-refractivity contribution < 1.29 is 8.42 Å². The minimum absolute atomic E-state index is 0.0301. The first-order valence-electron chi connectivity index (χ1n) is 10.3. The molecule has 4 aromatic rings. The Kier molecular flexibility index (Phi) is 5.96. The third-order valence-electron chi connectivity index (χ3n) is 4.94. The molecule has 7 nitrogen and oxygen atoms in total. The number of aryl methyl sites for hydroxylation is 2. The van der Waals surface area contributed by atoms with Gasteiger partial charge in [-0.2, -0.15) is 5.10 Å². The molecule has 0 atom stereocenters. The van der Waals surface area contributed by atoms with Crippen LogP contribution in [-0.2, 0) is 10.0 Å². The Balaban J connectivity index is 1.59. The predicted molar refractivity (Wildman–Crippen MR) is 129 cm³/mol. The van der Waals surface area contributed by atoms with Gasteiger partial charge in [-0.25, -0.2) is 18.1 Å². The molecule has 164 valence electrons. The average Bonchev–Trinajstić information content (AvgIpc) is 3.17. The van der Waals surface area contributed by atoms with Crippen LogP contribution in [-0.4, -0.2) is 28.9 Å². The van der Waals surface area contributed by atoms with E-state index < -0.39 is 10.0 Å². The lowest BCUT2D eigenvalue weighted by Crippen LogP contribution is -2.14. The lowest BCUT2D eigenvalue weighted by molar-refractivity contribution is 0.602. The predicted octanol–water partition coefficient (Wildman–Crippen LogP) is 5.06. The molecule has 0 radical (unpaired) electrons. The molecule has 0 unspecified atom stereocenters. The third kappa shape index (κ3) is 4.97. The van der Waals surface area contributed by atoms with Crippen LogP contribution >= 0.6 is 0 Å². The second kappa shape index (κ2) is 8.84. The van der Waals surface area contributed by atoms with Gasteiger partial charge < -0.3 is 5.32 Å². The standard InChI is InChI=1S/C24H25N5O2S/c1-4-32(30,31)28-21-10-8-20(9-11-21)26-24-16-19(12-13-25-24)23-15-18(3)27-29(23)22-7-5-6-17(2)14-22/h5-16,28H,4H2,1-3H3,(H,25,26).